The van der Waals surface area contributed by atoms with E-state index in [1.807, 2.05) is 0 Å². The Kier molecular flexibility index (Phi) is 11.6. The molecular formula is C22H38N4O2. The molecule has 0 radical (unpaired) electrons. The van der Waals surface area contributed by atoms with Crippen molar-refractivity contribution in [3.63, 3.8) is 0 Å². The van der Waals surface area contributed by atoms with Gasteiger partial charge in [0, 0.05) is 45.3 Å². The highest BCUT2D eigenvalue weighted by Gasteiger charge is 2.15. The second kappa shape index (κ2) is 14.4. The molecule has 0 amide bonds. The average molecular weight is 391 g/mol. The number of hydrogen-bond acceptors (Lipinski definition) is 4. The molecule has 2 N–H and O–H groups in total. The second-order valence-electron chi connectivity index (χ2n) is 7.42. The van der Waals surface area contributed by atoms with E-state index in [9.17, 15) is 0 Å². The summed E-state index contributed by atoms with van der Waals surface area (Å²) in [6, 6.07) is 10.6. The zero-order chi connectivity index (χ0) is 19.9. The Labute approximate surface area is 170 Å². The van der Waals surface area contributed by atoms with Crippen molar-refractivity contribution in [2.24, 2.45) is 10.9 Å². The molecule has 158 valence electrons. The monoisotopic (exact) mass is 390 g/mol. The molecule has 1 fully saturated rings. The molecule has 1 aromatic rings. The number of benzene rings is 1. The molecule has 0 bridgehead atoms. The molecule has 1 aromatic carbocycles. The van der Waals surface area contributed by atoms with E-state index in [1.165, 1.54) is 5.56 Å². The average Bonchev–Trinajstić information content (AvgIpc) is 3.22. The van der Waals surface area contributed by atoms with Crippen LogP contribution in [0.4, 0.5) is 0 Å². The summed E-state index contributed by atoms with van der Waals surface area (Å²) in [4.78, 5) is 7.00. The molecule has 1 atom stereocenters. The lowest BCUT2D eigenvalue weighted by molar-refractivity contribution is 0.0893. The van der Waals surface area contributed by atoms with Crippen LogP contribution in [-0.2, 0) is 16.0 Å². The lowest BCUT2D eigenvalue weighted by atomic mass is 10.1. The molecule has 0 spiro atoms. The summed E-state index contributed by atoms with van der Waals surface area (Å²) in [6.07, 6.45) is 3.16. The molecule has 1 heterocycles. The highest BCUT2D eigenvalue weighted by Crippen LogP contribution is 2.12. The highest BCUT2D eigenvalue weighted by atomic mass is 16.5. The fraction of sp³-hybridized carbons (Fsp3) is 0.682. The predicted octanol–water partition coefficient (Wildman–Crippen LogP) is 2.51. The number of ether oxygens (including phenoxy) is 2. The van der Waals surface area contributed by atoms with Crippen LogP contribution in [0.15, 0.2) is 35.3 Å². The lowest BCUT2D eigenvalue weighted by Crippen LogP contribution is -2.38. The van der Waals surface area contributed by atoms with E-state index in [2.05, 4.69) is 64.8 Å². The van der Waals surface area contributed by atoms with Crippen LogP contribution >= 0.6 is 0 Å². The summed E-state index contributed by atoms with van der Waals surface area (Å²) in [5.41, 5.74) is 1.36. The molecule has 2 rings (SSSR count). The minimum atomic E-state index is 0.586. The first-order chi connectivity index (χ1) is 13.8. The number of aliphatic imine (C=N–C) groups is 1. The van der Waals surface area contributed by atoms with E-state index >= 15 is 0 Å². The molecule has 1 aliphatic heterocycles. The van der Waals surface area contributed by atoms with E-state index in [0.717, 1.165) is 84.4 Å². The maximum absolute atomic E-state index is 5.74. The third kappa shape index (κ3) is 10.1. The van der Waals surface area contributed by atoms with E-state index in [1.54, 1.807) is 0 Å². The fourth-order valence-electron chi connectivity index (χ4n) is 3.19. The van der Waals surface area contributed by atoms with Gasteiger partial charge in [0.1, 0.15) is 0 Å². The first-order valence-electron chi connectivity index (χ1n) is 10.7. The van der Waals surface area contributed by atoms with Crippen LogP contribution in [0.25, 0.3) is 0 Å². The van der Waals surface area contributed by atoms with Crippen LogP contribution in [0.1, 0.15) is 31.7 Å². The minimum absolute atomic E-state index is 0.586. The quantitative estimate of drug-likeness (QED) is 0.308. The van der Waals surface area contributed by atoms with Crippen molar-refractivity contribution >= 4 is 5.96 Å². The SMILES string of the molecule is CCNC(=NCCCOCC1CCOC1)NCCCN(C)Cc1ccccc1. The van der Waals surface area contributed by atoms with Gasteiger partial charge < -0.3 is 25.0 Å². The van der Waals surface area contributed by atoms with Crippen molar-refractivity contribution in [3.05, 3.63) is 35.9 Å². The Morgan fingerprint density at radius 3 is 2.86 bits per heavy atom. The van der Waals surface area contributed by atoms with E-state index in [0.29, 0.717) is 5.92 Å². The molecule has 0 aliphatic carbocycles. The zero-order valence-corrected chi connectivity index (χ0v) is 17.7. The van der Waals surface area contributed by atoms with Crippen molar-refractivity contribution in [2.45, 2.75) is 32.7 Å². The molecule has 1 aliphatic rings. The Hall–Kier alpha value is -1.63. The first-order valence-corrected chi connectivity index (χ1v) is 10.7. The van der Waals surface area contributed by atoms with Crippen molar-refractivity contribution < 1.29 is 9.47 Å². The molecule has 28 heavy (non-hydrogen) atoms. The Morgan fingerprint density at radius 1 is 1.25 bits per heavy atom. The highest BCUT2D eigenvalue weighted by molar-refractivity contribution is 5.79. The van der Waals surface area contributed by atoms with Gasteiger partial charge in [0.15, 0.2) is 5.96 Å². The molecule has 1 saturated heterocycles. The molecule has 6 nitrogen and oxygen atoms in total. The summed E-state index contributed by atoms with van der Waals surface area (Å²) < 4.78 is 11.1. The van der Waals surface area contributed by atoms with Crippen LogP contribution in [0.5, 0.6) is 0 Å². The van der Waals surface area contributed by atoms with E-state index < -0.39 is 0 Å². The third-order valence-corrected chi connectivity index (χ3v) is 4.74. The smallest absolute Gasteiger partial charge is 0.191 e. The lowest BCUT2D eigenvalue weighted by Gasteiger charge is -2.17. The summed E-state index contributed by atoms with van der Waals surface area (Å²) in [5, 5.41) is 6.74. The van der Waals surface area contributed by atoms with Crippen LogP contribution in [0.2, 0.25) is 0 Å². The number of rotatable bonds is 13. The van der Waals surface area contributed by atoms with Crippen molar-refractivity contribution in [1.82, 2.24) is 15.5 Å². The topological polar surface area (TPSA) is 58.1 Å². The van der Waals surface area contributed by atoms with E-state index in [-0.39, 0.29) is 0 Å². The molecule has 0 aromatic heterocycles. The Bertz CT molecular complexity index is 533. The molecule has 1 unspecified atom stereocenters. The number of guanidine groups is 1. The van der Waals surface area contributed by atoms with Gasteiger partial charge in [0.2, 0.25) is 0 Å². The summed E-state index contributed by atoms with van der Waals surface area (Å²) in [6.45, 7) is 10.0. The van der Waals surface area contributed by atoms with Gasteiger partial charge >= 0.3 is 0 Å². The maximum Gasteiger partial charge on any atom is 0.191 e. The van der Waals surface area contributed by atoms with Crippen LogP contribution in [0.3, 0.4) is 0 Å². The van der Waals surface area contributed by atoms with Gasteiger partial charge in [-0.25, -0.2) is 0 Å². The van der Waals surface area contributed by atoms with Gasteiger partial charge in [-0.2, -0.15) is 0 Å². The largest absolute Gasteiger partial charge is 0.381 e. The van der Waals surface area contributed by atoms with Crippen LogP contribution in [-0.4, -0.2) is 70.5 Å². The van der Waals surface area contributed by atoms with Crippen molar-refractivity contribution in [3.8, 4) is 0 Å². The summed E-state index contributed by atoms with van der Waals surface area (Å²) in [7, 11) is 2.17. The second-order valence-corrected chi connectivity index (χ2v) is 7.42. The predicted molar refractivity (Wildman–Crippen MR) is 116 cm³/mol. The minimum Gasteiger partial charge on any atom is -0.381 e. The maximum atomic E-state index is 5.74. The normalized spacial score (nSPS) is 17.2. The number of nitrogens with one attached hydrogen (secondary N) is 2. The molecular weight excluding hydrogens is 352 g/mol. The van der Waals surface area contributed by atoms with Gasteiger partial charge in [-0.3, -0.25) is 4.99 Å². The zero-order valence-electron chi connectivity index (χ0n) is 17.7. The van der Waals surface area contributed by atoms with Crippen molar-refractivity contribution in [2.75, 3.05) is 59.7 Å². The van der Waals surface area contributed by atoms with Crippen LogP contribution < -0.4 is 10.6 Å². The van der Waals surface area contributed by atoms with Gasteiger partial charge in [-0.1, -0.05) is 30.3 Å². The molecule has 6 heteroatoms. The van der Waals surface area contributed by atoms with Gasteiger partial charge in [0.05, 0.1) is 13.2 Å². The first kappa shape index (κ1) is 22.7. The van der Waals surface area contributed by atoms with Crippen molar-refractivity contribution in [1.29, 1.82) is 0 Å². The number of hydrogen-bond donors (Lipinski definition) is 2. The van der Waals surface area contributed by atoms with Gasteiger partial charge in [-0.15, -0.1) is 0 Å². The summed E-state index contributed by atoms with van der Waals surface area (Å²) >= 11 is 0. The standard InChI is InChI=1S/C22H38N4O2/c1-3-23-22(25-13-8-15-27-18-21-11-16-28-19-21)24-12-7-14-26(2)17-20-9-5-4-6-10-20/h4-6,9-10,21H,3,7-8,11-19H2,1-2H3,(H2,23,24,25). The Morgan fingerprint density at radius 2 is 2.11 bits per heavy atom. The van der Waals surface area contributed by atoms with Gasteiger partial charge in [-0.05, 0) is 45.3 Å². The summed E-state index contributed by atoms with van der Waals surface area (Å²) in [5.74, 6) is 1.49. The van der Waals surface area contributed by atoms with Crippen LogP contribution in [0, 0.1) is 5.92 Å². The van der Waals surface area contributed by atoms with E-state index in [4.69, 9.17) is 9.47 Å². The van der Waals surface area contributed by atoms with Gasteiger partial charge in [0.25, 0.3) is 0 Å². The molecule has 0 saturated carbocycles. The number of nitrogens with zero attached hydrogens (tertiary/aromatic N) is 2. The Balaban J connectivity index is 1.53. The fourth-order valence-corrected chi connectivity index (χ4v) is 3.19. The third-order valence-electron chi connectivity index (χ3n) is 4.74.